The second kappa shape index (κ2) is 10.6. The Bertz CT molecular complexity index is 962. The van der Waals surface area contributed by atoms with Gasteiger partial charge in [0.2, 0.25) is 10.0 Å². The van der Waals surface area contributed by atoms with E-state index in [0.717, 1.165) is 32.1 Å². The number of sulfonamides is 1. The second-order valence-corrected chi connectivity index (χ2v) is 11.2. The molecule has 0 unspecified atom stereocenters. The van der Waals surface area contributed by atoms with E-state index < -0.39 is 34.0 Å². The standard InChI is InChI=1S/C23H33N3O6S/c1-15-12-16(2)14-26(13-15)33(30,31)20-10-8-18(9-11-20)22(28)32-17(3)21(27)25-23(29)24-19-6-4-5-7-19/h8-11,15-17,19H,4-7,12-14H2,1-3H3,(H2,24,25,27,29)/t15-,16+,17-/m1/s1. The van der Waals surface area contributed by atoms with Gasteiger partial charge in [-0.05, 0) is 62.3 Å². The van der Waals surface area contributed by atoms with Crippen LogP contribution in [-0.4, -0.2) is 55.9 Å². The zero-order valence-corrected chi connectivity index (χ0v) is 20.2. The molecule has 1 aromatic rings. The van der Waals surface area contributed by atoms with Crippen LogP contribution in [-0.2, 0) is 19.6 Å². The molecule has 0 spiro atoms. The van der Waals surface area contributed by atoms with Crippen LogP contribution in [0.5, 0.6) is 0 Å². The summed E-state index contributed by atoms with van der Waals surface area (Å²) < 4.78 is 32.6. The molecule has 10 heteroatoms. The van der Waals surface area contributed by atoms with E-state index in [1.807, 2.05) is 13.8 Å². The first-order chi connectivity index (χ1) is 15.6. The van der Waals surface area contributed by atoms with Gasteiger partial charge in [-0.3, -0.25) is 10.1 Å². The molecule has 3 amide bonds. The van der Waals surface area contributed by atoms with Crippen LogP contribution >= 0.6 is 0 Å². The van der Waals surface area contributed by atoms with Crippen LogP contribution in [0.4, 0.5) is 4.79 Å². The van der Waals surface area contributed by atoms with E-state index in [-0.39, 0.29) is 28.3 Å². The number of esters is 1. The smallest absolute Gasteiger partial charge is 0.338 e. The van der Waals surface area contributed by atoms with Crippen molar-refractivity contribution < 1.29 is 27.5 Å². The molecule has 2 aliphatic rings. The van der Waals surface area contributed by atoms with Crippen molar-refractivity contribution in [1.29, 1.82) is 0 Å². The summed E-state index contributed by atoms with van der Waals surface area (Å²) in [5.41, 5.74) is 0.115. The molecule has 3 atom stereocenters. The molecule has 0 aromatic heterocycles. The van der Waals surface area contributed by atoms with Crippen LogP contribution in [0.25, 0.3) is 0 Å². The van der Waals surface area contributed by atoms with Gasteiger partial charge in [0.25, 0.3) is 5.91 Å². The lowest BCUT2D eigenvalue weighted by molar-refractivity contribution is -0.127. The summed E-state index contributed by atoms with van der Waals surface area (Å²) in [5.74, 6) is -0.944. The van der Waals surface area contributed by atoms with Crippen molar-refractivity contribution in [3.8, 4) is 0 Å². The molecule has 33 heavy (non-hydrogen) atoms. The number of ether oxygens (including phenoxy) is 1. The molecular weight excluding hydrogens is 446 g/mol. The summed E-state index contributed by atoms with van der Waals surface area (Å²) in [6.45, 7) is 6.38. The third kappa shape index (κ3) is 6.54. The van der Waals surface area contributed by atoms with Gasteiger partial charge in [0.15, 0.2) is 6.10 Å². The van der Waals surface area contributed by atoms with Crippen molar-refractivity contribution in [2.75, 3.05) is 13.1 Å². The van der Waals surface area contributed by atoms with Crippen LogP contribution in [0.15, 0.2) is 29.2 Å². The van der Waals surface area contributed by atoms with Gasteiger partial charge in [0, 0.05) is 19.1 Å². The van der Waals surface area contributed by atoms with Gasteiger partial charge in [-0.1, -0.05) is 26.7 Å². The molecular formula is C23H33N3O6S. The fourth-order valence-electron chi connectivity index (χ4n) is 4.50. The highest BCUT2D eigenvalue weighted by Gasteiger charge is 2.32. The van der Waals surface area contributed by atoms with Gasteiger partial charge in [-0.2, -0.15) is 4.31 Å². The van der Waals surface area contributed by atoms with E-state index in [2.05, 4.69) is 10.6 Å². The molecule has 0 bridgehead atoms. The predicted molar refractivity (Wildman–Crippen MR) is 122 cm³/mol. The Morgan fingerprint density at radius 1 is 1.03 bits per heavy atom. The van der Waals surface area contributed by atoms with Gasteiger partial charge < -0.3 is 10.1 Å². The SMILES string of the molecule is C[C@@H]1C[C@H](C)CN(S(=O)(=O)c2ccc(C(=O)O[C@H](C)C(=O)NC(=O)NC3CCCC3)cc2)C1. The fraction of sp³-hybridized carbons (Fsp3) is 0.609. The number of hydrogen-bond donors (Lipinski definition) is 2. The second-order valence-electron chi connectivity index (χ2n) is 9.28. The minimum absolute atomic E-state index is 0.0572. The van der Waals surface area contributed by atoms with Gasteiger partial charge >= 0.3 is 12.0 Å². The lowest BCUT2D eigenvalue weighted by Crippen LogP contribution is -2.47. The van der Waals surface area contributed by atoms with Crippen LogP contribution in [0, 0.1) is 11.8 Å². The largest absolute Gasteiger partial charge is 0.449 e. The van der Waals surface area contributed by atoms with E-state index in [0.29, 0.717) is 13.1 Å². The third-order valence-electron chi connectivity index (χ3n) is 6.14. The molecule has 1 aliphatic heterocycles. The van der Waals surface area contributed by atoms with Crippen molar-refractivity contribution in [3.05, 3.63) is 29.8 Å². The monoisotopic (exact) mass is 479 g/mol. The first-order valence-electron chi connectivity index (χ1n) is 11.5. The lowest BCUT2D eigenvalue weighted by Gasteiger charge is -2.34. The number of carbonyl (C=O) groups is 3. The van der Waals surface area contributed by atoms with Crippen molar-refractivity contribution >= 4 is 27.9 Å². The Kier molecular flexibility index (Phi) is 8.12. The number of carbonyl (C=O) groups excluding carboxylic acids is 3. The predicted octanol–water partition coefficient (Wildman–Crippen LogP) is 2.67. The third-order valence-corrected chi connectivity index (χ3v) is 7.99. The molecule has 2 fully saturated rings. The number of hydrogen-bond acceptors (Lipinski definition) is 6. The molecule has 0 radical (unpaired) electrons. The van der Waals surface area contributed by atoms with Gasteiger partial charge in [-0.25, -0.2) is 18.0 Å². The summed E-state index contributed by atoms with van der Waals surface area (Å²) in [4.78, 5) is 36.6. The van der Waals surface area contributed by atoms with E-state index >= 15 is 0 Å². The minimum Gasteiger partial charge on any atom is -0.449 e. The maximum absolute atomic E-state index is 13.0. The first-order valence-corrected chi connectivity index (χ1v) is 12.9. The molecule has 2 N–H and O–H groups in total. The summed E-state index contributed by atoms with van der Waals surface area (Å²) >= 11 is 0. The molecule has 1 aliphatic carbocycles. The van der Waals surface area contributed by atoms with E-state index in [1.54, 1.807) is 0 Å². The van der Waals surface area contributed by atoms with E-state index in [9.17, 15) is 22.8 Å². The molecule has 1 heterocycles. The highest BCUT2D eigenvalue weighted by Crippen LogP contribution is 2.27. The lowest BCUT2D eigenvalue weighted by atomic mass is 9.94. The maximum atomic E-state index is 13.0. The van der Waals surface area contributed by atoms with Crippen LogP contribution in [0.1, 0.15) is 63.2 Å². The average molecular weight is 480 g/mol. The number of nitrogens with one attached hydrogen (secondary N) is 2. The Balaban J connectivity index is 1.56. The number of nitrogens with zero attached hydrogens (tertiary/aromatic N) is 1. The van der Waals surface area contributed by atoms with Crippen LogP contribution < -0.4 is 10.6 Å². The molecule has 1 saturated heterocycles. The van der Waals surface area contributed by atoms with Crippen LogP contribution in [0.3, 0.4) is 0 Å². The molecule has 3 rings (SSSR count). The Morgan fingerprint density at radius 3 is 2.18 bits per heavy atom. The van der Waals surface area contributed by atoms with Gasteiger partial charge in [0.05, 0.1) is 10.5 Å². The molecule has 1 saturated carbocycles. The quantitative estimate of drug-likeness (QED) is 0.605. The maximum Gasteiger partial charge on any atom is 0.338 e. The summed E-state index contributed by atoms with van der Waals surface area (Å²) in [5, 5.41) is 4.91. The van der Waals surface area contributed by atoms with Gasteiger partial charge in [0.1, 0.15) is 0 Å². The summed E-state index contributed by atoms with van der Waals surface area (Å²) in [7, 11) is -3.66. The Labute approximate surface area is 195 Å². The van der Waals surface area contributed by atoms with Crippen molar-refractivity contribution in [2.24, 2.45) is 11.8 Å². The normalized spacial score (nSPS) is 23.0. The summed E-state index contributed by atoms with van der Waals surface area (Å²) in [6.07, 6.45) is 3.66. The zero-order valence-electron chi connectivity index (χ0n) is 19.4. The minimum atomic E-state index is -3.66. The zero-order chi connectivity index (χ0) is 24.2. The van der Waals surface area contributed by atoms with Crippen molar-refractivity contribution in [1.82, 2.24) is 14.9 Å². The van der Waals surface area contributed by atoms with E-state index in [1.165, 1.54) is 35.5 Å². The fourth-order valence-corrected chi connectivity index (χ4v) is 6.18. The van der Waals surface area contributed by atoms with Gasteiger partial charge in [-0.15, -0.1) is 0 Å². The molecule has 1 aromatic carbocycles. The van der Waals surface area contributed by atoms with E-state index in [4.69, 9.17) is 4.74 Å². The Hall–Kier alpha value is -2.46. The topological polar surface area (TPSA) is 122 Å². The first kappa shape index (κ1) is 25.2. The number of imide groups is 1. The molecule has 9 nitrogen and oxygen atoms in total. The number of amides is 3. The molecule has 182 valence electrons. The average Bonchev–Trinajstić information content (AvgIpc) is 3.25. The number of urea groups is 1. The number of rotatable bonds is 6. The highest BCUT2D eigenvalue weighted by atomic mass is 32.2. The van der Waals surface area contributed by atoms with Crippen LogP contribution in [0.2, 0.25) is 0 Å². The Morgan fingerprint density at radius 2 is 1.61 bits per heavy atom. The summed E-state index contributed by atoms with van der Waals surface area (Å²) in [6, 6.07) is 4.92. The number of benzene rings is 1. The van der Waals surface area contributed by atoms with Crippen molar-refractivity contribution in [3.63, 3.8) is 0 Å². The number of piperidine rings is 1. The highest BCUT2D eigenvalue weighted by molar-refractivity contribution is 7.89. The van der Waals surface area contributed by atoms with Crippen molar-refractivity contribution in [2.45, 2.75) is 69.9 Å².